The Morgan fingerprint density at radius 1 is 1.06 bits per heavy atom. The van der Waals surface area contributed by atoms with E-state index in [1.807, 2.05) is 0 Å². The Morgan fingerprint density at radius 3 is 2.06 bits per heavy atom. The Bertz CT molecular complexity index is 588. The summed E-state index contributed by atoms with van der Waals surface area (Å²) >= 11 is 0. The third-order valence-electron chi connectivity index (χ3n) is 2.44. The highest BCUT2D eigenvalue weighted by molar-refractivity contribution is 7.91. The van der Waals surface area contributed by atoms with Crippen LogP contribution < -0.4 is 4.72 Å². The smallest absolute Gasteiger partial charge is 0.208 e. The van der Waals surface area contributed by atoms with Crippen molar-refractivity contribution in [3.8, 4) is 0 Å². The van der Waals surface area contributed by atoms with E-state index in [4.69, 9.17) is 0 Å². The molecular formula is C11H17NO4S2. The summed E-state index contributed by atoms with van der Waals surface area (Å²) in [5.41, 5.74) is 0.890. The molecule has 7 heteroatoms. The molecule has 0 unspecified atom stereocenters. The molecule has 0 atom stereocenters. The van der Waals surface area contributed by atoms with E-state index >= 15 is 0 Å². The highest BCUT2D eigenvalue weighted by Gasteiger charge is 2.10. The van der Waals surface area contributed by atoms with Crippen LogP contribution in [0.2, 0.25) is 0 Å². The first kappa shape index (κ1) is 15.1. The number of nitrogens with one attached hydrogen (secondary N) is 1. The van der Waals surface area contributed by atoms with Gasteiger partial charge in [0, 0.05) is 6.54 Å². The van der Waals surface area contributed by atoms with Crippen LogP contribution in [0.4, 0.5) is 0 Å². The van der Waals surface area contributed by atoms with Crippen LogP contribution >= 0.6 is 0 Å². The van der Waals surface area contributed by atoms with Crippen molar-refractivity contribution in [1.82, 2.24) is 4.72 Å². The Hall–Kier alpha value is -0.920. The van der Waals surface area contributed by atoms with Crippen LogP contribution in [0.25, 0.3) is 0 Å². The summed E-state index contributed by atoms with van der Waals surface area (Å²) in [6.45, 7) is 1.90. The Labute approximate surface area is 108 Å². The SMILES string of the molecule is CCS(=O)(=O)c1ccc(CCNS(C)(=O)=O)cc1. The van der Waals surface area contributed by atoms with Crippen molar-refractivity contribution in [3.63, 3.8) is 0 Å². The summed E-state index contributed by atoms with van der Waals surface area (Å²) < 4.78 is 47.2. The number of hydrogen-bond donors (Lipinski definition) is 1. The zero-order valence-corrected chi connectivity index (χ0v) is 12.0. The van der Waals surface area contributed by atoms with Crippen LogP contribution in [0, 0.1) is 0 Å². The van der Waals surface area contributed by atoms with E-state index < -0.39 is 19.9 Å². The normalized spacial score (nSPS) is 12.6. The van der Waals surface area contributed by atoms with Gasteiger partial charge in [-0.25, -0.2) is 21.6 Å². The van der Waals surface area contributed by atoms with E-state index in [0.717, 1.165) is 11.8 Å². The van der Waals surface area contributed by atoms with Gasteiger partial charge in [0.05, 0.1) is 16.9 Å². The first-order chi connectivity index (χ1) is 8.24. The largest absolute Gasteiger partial charge is 0.224 e. The van der Waals surface area contributed by atoms with Crippen LogP contribution in [-0.2, 0) is 26.3 Å². The Kier molecular flexibility index (Phi) is 4.89. The Balaban J connectivity index is 2.67. The molecule has 1 N–H and O–H groups in total. The number of sulfonamides is 1. The number of benzene rings is 1. The minimum Gasteiger partial charge on any atom is -0.224 e. The van der Waals surface area contributed by atoms with Crippen molar-refractivity contribution in [2.75, 3.05) is 18.6 Å². The van der Waals surface area contributed by atoms with Crippen molar-refractivity contribution in [2.45, 2.75) is 18.2 Å². The average molecular weight is 291 g/mol. The van der Waals surface area contributed by atoms with E-state index in [9.17, 15) is 16.8 Å². The van der Waals surface area contributed by atoms with Crippen molar-refractivity contribution in [1.29, 1.82) is 0 Å². The second-order valence-corrected chi connectivity index (χ2v) is 8.08. The molecule has 1 aromatic rings. The monoisotopic (exact) mass is 291 g/mol. The predicted molar refractivity (Wildman–Crippen MR) is 70.7 cm³/mol. The molecule has 0 radical (unpaired) electrons. The quantitative estimate of drug-likeness (QED) is 0.831. The lowest BCUT2D eigenvalue weighted by molar-refractivity contribution is 0.587. The maximum Gasteiger partial charge on any atom is 0.208 e. The summed E-state index contributed by atoms with van der Waals surface area (Å²) in [4.78, 5) is 0.296. The molecule has 5 nitrogen and oxygen atoms in total. The first-order valence-corrected chi connectivity index (χ1v) is 9.05. The predicted octanol–water partition coefficient (Wildman–Crippen LogP) is 0.572. The summed E-state index contributed by atoms with van der Waals surface area (Å²) in [6, 6.07) is 6.50. The number of hydrogen-bond acceptors (Lipinski definition) is 4. The lowest BCUT2D eigenvalue weighted by Crippen LogP contribution is -2.24. The summed E-state index contributed by atoms with van der Waals surface area (Å²) in [5.74, 6) is 0.0714. The lowest BCUT2D eigenvalue weighted by Gasteiger charge is -2.05. The van der Waals surface area contributed by atoms with Crippen LogP contribution in [0.5, 0.6) is 0 Å². The van der Waals surface area contributed by atoms with Gasteiger partial charge in [0.1, 0.15) is 0 Å². The van der Waals surface area contributed by atoms with Crippen LogP contribution in [0.15, 0.2) is 29.2 Å². The summed E-state index contributed by atoms with van der Waals surface area (Å²) in [7, 11) is -6.35. The number of sulfone groups is 1. The van der Waals surface area contributed by atoms with Gasteiger partial charge in [0.15, 0.2) is 9.84 Å². The molecule has 18 heavy (non-hydrogen) atoms. The standard InChI is InChI=1S/C11H17NO4S2/c1-3-18(15,16)11-6-4-10(5-7-11)8-9-12-17(2,13)14/h4-7,12H,3,8-9H2,1-2H3. The minimum absolute atomic E-state index is 0.0714. The molecule has 0 bridgehead atoms. The molecule has 0 aliphatic carbocycles. The first-order valence-electron chi connectivity index (χ1n) is 5.51. The van der Waals surface area contributed by atoms with E-state index in [-0.39, 0.29) is 5.75 Å². The average Bonchev–Trinajstić information content (AvgIpc) is 2.28. The highest BCUT2D eigenvalue weighted by Crippen LogP contribution is 2.12. The molecule has 0 saturated heterocycles. The van der Waals surface area contributed by atoms with E-state index in [1.165, 1.54) is 0 Å². The van der Waals surface area contributed by atoms with Crippen LogP contribution in [0.1, 0.15) is 12.5 Å². The molecule has 0 fully saturated rings. The fourth-order valence-electron chi connectivity index (χ4n) is 1.41. The van der Waals surface area contributed by atoms with Gasteiger partial charge < -0.3 is 0 Å². The summed E-state index contributed by atoms with van der Waals surface area (Å²) in [5, 5.41) is 0. The molecule has 1 aromatic carbocycles. The summed E-state index contributed by atoms with van der Waals surface area (Å²) in [6.07, 6.45) is 1.63. The fraction of sp³-hybridized carbons (Fsp3) is 0.455. The molecule has 0 saturated carbocycles. The van der Waals surface area contributed by atoms with Gasteiger partial charge in [-0.1, -0.05) is 19.1 Å². The molecule has 0 aromatic heterocycles. The molecule has 1 rings (SSSR count). The zero-order chi connectivity index (χ0) is 13.8. The minimum atomic E-state index is -3.18. The van der Waals surface area contributed by atoms with Crippen molar-refractivity contribution >= 4 is 19.9 Å². The topological polar surface area (TPSA) is 80.3 Å². The van der Waals surface area contributed by atoms with E-state index in [1.54, 1.807) is 31.2 Å². The van der Waals surface area contributed by atoms with Gasteiger partial charge in [0.2, 0.25) is 10.0 Å². The lowest BCUT2D eigenvalue weighted by atomic mass is 10.2. The van der Waals surface area contributed by atoms with E-state index in [0.29, 0.717) is 17.9 Å². The van der Waals surface area contributed by atoms with E-state index in [2.05, 4.69) is 4.72 Å². The molecule has 0 aliphatic heterocycles. The molecule has 0 aliphatic rings. The Morgan fingerprint density at radius 2 is 1.61 bits per heavy atom. The van der Waals surface area contributed by atoms with Gasteiger partial charge in [-0.2, -0.15) is 0 Å². The van der Waals surface area contributed by atoms with Gasteiger partial charge in [-0.3, -0.25) is 0 Å². The van der Waals surface area contributed by atoms with Gasteiger partial charge in [-0.05, 0) is 24.1 Å². The molecule has 0 heterocycles. The third-order valence-corrected chi connectivity index (χ3v) is 4.92. The van der Waals surface area contributed by atoms with Crippen LogP contribution in [0.3, 0.4) is 0 Å². The zero-order valence-electron chi connectivity index (χ0n) is 10.4. The number of rotatable bonds is 6. The fourth-order valence-corrected chi connectivity index (χ4v) is 2.77. The maximum absolute atomic E-state index is 11.6. The molecule has 0 amide bonds. The van der Waals surface area contributed by atoms with Gasteiger partial charge in [-0.15, -0.1) is 0 Å². The van der Waals surface area contributed by atoms with Crippen LogP contribution in [-0.4, -0.2) is 35.4 Å². The maximum atomic E-state index is 11.6. The van der Waals surface area contributed by atoms with Crippen molar-refractivity contribution in [3.05, 3.63) is 29.8 Å². The molecular weight excluding hydrogens is 274 g/mol. The second-order valence-electron chi connectivity index (χ2n) is 3.96. The van der Waals surface area contributed by atoms with Crippen molar-refractivity contribution in [2.24, 2.45) is 0 Å². The van der Waals surface area contributed by atoms with Gasteiger partial charge in [0.25, 0.3) is 0 Å². The van der Waals surface area contributed by atoms with Crippen molar-refractivity contribution < 1.29 is 16.8 Å². The molecule has 102 valence electrons. The highest BCUT2D eigenvalue weighted by atomic mass is 32.2. The van der Waals surface area contributed by atoms with Gasteiger partial charge >= 0.3 is 0 Å². The molecule has 0 spiro atoms. The third kappa shape index (κ3) is 4.75. The second kappa shape index (κ2) is 5.81.